The molecule has 11 nitrogen and oxygen atoms in total. The van der Waals surface area contributed by atoms with Crippen molar-refractivity contribution in [2.24, 2.45) is 14.1 Å². The molecule has 0 saturated heterocycles. The van der Waals surface area contributed by atoms with Crippen LogP contribution in [-0.2, 0) is 20.6 Å². The number of fused-ring (bicyclic) bond motifs is 1. The van der Waals surface area contributed by atoms with E-state index in [2.05, 4.69) is 20.5 Å². The Morgan fingerprint density at radius 1 is 1.07 bits per heavy atom. The Hall–Kier alpha value is -3.41. The van der Waals surface area contributed by atoms with E-state index in [1.807, 2.05) is 35.8 Å². The lowest BCUT2D eigenvalue weighted by Crippen LogP contribution is -2.37. The van der Waals surface area contributed by atoms with Gasteiger partial charge in [0.05, 0.1) is 12.8 Å². The number of benzene rings is 1. The fourth-order valence-electron chi connectivity index (χ4n) is 3.15. The van der Waals surface area contributed by atoms with Crippen molar-refractivity contribution in [3.05, 3.63) is 45.1 Å². The van der Waals surface area contributed by atoms with E-state index in [1.54, 1.807) is 18.8 Å². The molecular formula is C18H20N8O3S. The van der Waals surface area contributed by atoms with Crippen LogP contribution in [0.5, 0.6) is 5.75 Å². The fourth-order valence-corrected chi connectivity index (χ4v) is 4.04. The summed E-state index contributed by atoms with van der Waals surface area (Å²) in [6.07, 6.45) is 0.786. The lowest BCUT2D eigenvalue weighted by molar-refractivity contribution is 0.414. The van der Waals surface area contributed by atoms with Crippen LogP contribution in [0.25, 0.3) is 16.9 Å². The van der Waals surface area contributed by atoms with Crippen LogP contribution in [0.4, 0.5) is 0 Å². The van der Waals surface area contributed by atoms with Crippen molar-refractivity contribution in [2.45, 2.75) is 30.2 Å². The van der Waals surface area contributed by atoms with Crippen molar-refractivity contribution >= 4 is 22.9 Å². The number of aryl methyl sites for hydroxylation is 2. The van der Waals surface area contributed by atoms with Gasteiger partial charge in [-0.25, -0.2) is 9.78 Å². The Morgan fingerprint density at radius 2 is 1.80 bits per heavy atom. The van der Waals surface area contributed by atoms with Crippen molar-refractivity contribution in [2.75, 3.05) is 7.11 Å². The van der Waals surface area contributed by atoms with E-state index < -0.39 is 5.69 Å². The lowest BCUT2D eigenvalue weighted by Gasteiger charge is -2.08. The molecule has 0 aliphatic heterocycles. The van der Waals surface area contributed by atoms with Gasteiger partial charge >= 0.3 is 5.69 Å². The van der Waals surface area contributed by atoms with Crippen molar-refractivity contribution in [1.82, 2.24) is 38.9 Å². The maximum Gasteiger partial charge on any atom is 0.332 e. The second-order valence-electron chi connectivity index (χ2n) is 6.60. The second-order valence-corrected chi connectivity index (χ2v) is 7.53. The molecule has 0 aliphatic rings. The molecule has 0 aliphatic carbocycles. The largest absolute Gasteiger partial charge is 0.497 e. The number of hydrogen-bond acceptors (Lipinski definition) is 8. The first-order valence-corrected chi connectivity index (χ1v) is 10.0. The molecule has 0 unspecified atom stereocenters. The third-order valence-electron chi connectivity index (χ3n) is 4.70. The van der Waals surface area contributed by atoms with Gasteiger partial charge in [0.15, 0.2) is 16.3 Å². The molecule has 4 rings (SSSR count). The highest BCUT2D eigenvalue weighted by molar-refractivity contribution is 7.99. The van der Waals surface area contributed by atoms with Crippen LogP contribution in [0.2, 0.25) is 0 Å². The zero-order valence-electron chi connectivity index (χ0n) is 16.9. The smallest absolute Gasteiger partial charge is 0.332 e. The summed E-state index contributed by atoms with van der Waals surface area (Å²) < 4.78 is 11.0. The summed E-state index contributed by atoms with van der Waals surface area (Å²) in [6.45, 7) is 2.57. The molecule has 4 aromatic rings. The Bertz CT molecular complexity index is 1330. The third-order valence-corrected chi connectivity index (χ3v) is 5.63. The van der Waals surface area contributed by atoms with Gasteiger partial charge in [0, 0.05) is 20.6 Å². The average molecular weight is 428 g/mol. The lowest BCUT2D eigenvalue weighted by atomic mass is 10.3. The van der Waals surface area contributed by atoms with Crippen LogP contribution >= 0.6 is 11.8 Å². The van der Waals surface area contributed by atoms with E-state index in [0.717, 1.165) is 22.4 Å². The Kier molecular flexibility index (Phi) is 5.16. The summed E-state index contributed by atoms with van der Waals surface area (Å²) >= 11 is 1.23. The summed E-state index contributed by atoms with van der Waals surface area (Å²) in [6, 6.07) is 7.32. The predicted molar refractivity (Wildman–Crippen MR) is 110 cm³/mol. The molecule has 0 saturated carbocycles. The molecule has 0 atom stereocenters. The van der Waals surface area contributed by atoms with Gasteiger partial charge in [0.1, 0.15) is 5.75 Å². The number of methoxy groups -OCH3 is 1. The Morgan fingerprint density at radius 3 is 2.47 bits per heavy atom. The molecule has 0 spiro atoms. The first-order valence-electron chi connectivity index (χ1n) is 9.23. The third kappa shape index (κ3) is 3.18. The fraction of sp³-hybridized carbons (Fsp3) is 0.333. The van der Waals surface area contributed by atoms with Gasteiger partial charge in [-0.05, 0) is 52.9 Å². The molecule has 12 heteroatoms. The number of nitrogens with zero attached hydrogens (tertiary/aromatic N) is 8. The highest BCUT2D eigenvalue weighted by Crippen LogP contribution is 2.29. The minimum atomic E-state index is -0.423. The van der Waals surface area contributed by atoms with Crippen molar-refractivity contribution < 1.29 is 4.74 Å². The molecule has 0 amide bonds. The van der Waals surface area contributed by atoms with Crippen molar-refractivity contribution in [3.8, 4) is 11.4 Å². The molecule has 3 aromatic heterocycles. The number of hydrogen-bond donors (Lipinski definition) is 0. The van der Waals surface area contributed by atoms with E-state index in [1.165, 1.54) is 23.4 Å². The standard InChI is InChI=1S/C18H20N8O3S/c1-5-10-25-13-14(23(2)18(28)24(3)15(13)27)19-16(25)30-17-20-21-22-26(17)11-6-8-12(29-4)9-7-11/h6-9H,5,10H2,1-4H3. The van der Waals surface area contributed by atoms with Gasteiger partial charge in [-0.3, -0.25) is 13.9 Å². The van der Waals surface area contributed by atoms with Gasteiger partial charge < -0.3 is 9.30 Å². The number of tetrazole rings is 1. The zero-order valence-corrected chi connectivity index (χ0v) is 17.8. The molecule has 30 heavy (non-hydrogen) atoms. The van der Waals surface area contributed by atoms with Crippen LogP contribution < -0.4 is 16.0 Å². The number of rotatable bonds is 6. The maximum atomic E-state index is 12.8. The maximum absolute atomic E-state index is 12.8. The summed E-state index contributed by atoms with van der Waals surface area (Å²) in [5.74, 6) is 0.725. The molecule has 1 aromatic carbocycles. The van der Waals surface area contributed by atoms with Gasteiger partial charge in [-0.2, -0.15) is 4.68 Å². The van der Waals surface area contributed by atoms with Crippen LogP contribution in [-0.4, -0.2) is 46.0 Å². The quantitative estimate of drug-likeness (QED) is 0.446. The number of imidazole rings is 1. The second kappa shape index (κ2) is 7.78. The van der Waals surface area contributed by atoms with E-state index in [4.69, 9.17) is 4.74 Å². The van der Waals surface area contributed by atoms with Gasteiger partial charge in [0.2, 0.25) is 5.16 Å². The Labute approximate surface area is 174 Å². The first kappa shape index (κ1) is 19.9. The van der Waals surface area contributed by atoms with Crippen LogP contribution in [0, 0.1) is 0 Å². The molecule has 0 N–H and O–H groups in total. The van der Waals surface area contributed by atoms with Crippen LogP contribution in [0.3, 0.4) is 0 Å². The minimum absolute atomic E-state index is 0.336. The Balaban J connectivity index is 1.84. The predicted octanol–water partition coefficient (Wildman–Crippen LogP) is 0.979. The summed E-state index contributed by atoms with van der Waals surface area (Å²) in [7, 11) is 4.66. The SMILES string of the molecule is CCCn1c(Sc2nnnn2-c2ccc(OC)cc2)nc2c1c(=O)n(C)c(=O)n2C. The normalized spacial score (nSPS) is 11.3. The monoisotopic (exact) mass is 428 g/mol. The summed E-state index contributed by atoms with van der Waals surface area (Å²) in [5.41, 5.74) is 0.670. The molecule has 156 valence electrons. The number of aromatic nitrogens is 8. The van der Waals surface area contributed by atoms with Gasteiger partial charge in [-0.15, -0.1) is 5.10 Å². The first-order chi connectivity index (χ1) is 14.5. The van der Waals surface area contributed by atoms with Crippen molar-refractivity contribution in [3.63, 3.8) is 0 Å². The summed E-state index contributed by atoms with van der Waals surface area (Å²) in [5, 5.41) is 13.0. The number of ether oxygens (including phenoxy) is 1. The molecule has 0 bridgehead atoms. The average Bonchev–Trinajstić information content (AvgIpc) is 3.36. The highest BCUT2D eigenvalue weighted by atomic mass is 32.2. The van der Waals surface area contributed by atoms with E-state index in [9.17, 15) is 9.59 Å². The van der Waals surface area contributed by atoms with Crippen LogP contribution in [0.15, 0.2) is 44.2 Å². The summed E-state index contributed by atoms with van der Waals surface area (Å²) in [4.78, 5) is 29.7. The molecule has 0 fully saturated rings. The topological polar surface area (TPSA) is 115 Å². The van der Waals surface area contributed by atoms with E-state index in [-0.39, 0.29) is 5.56 Å². The molecular weight excluding hydrogens is 408 g/mol. The van der Waals surface area contributed by atoms with E-state index >= 15 is 0 Å². The highest BCUT2D eigenvalue weighted by Gasteiger charge is 2.21. The van der Waals surface area contributed by atoms with Crippen molar-refractivity contribution in [1.29, 1.82) is 0 Å². The molecule has 0 radical (unpaired) electrons. The minimum Gasteiger partial charge on any atom is -0.497 e. The van der Waals surface area contributed by atoms with E-state index in [0.29, 0.717) is 28.0 Å². The zero-order chi connectivity index (χ0) is 21.4. The molecule has 3 heterocycles. The van der Waals surface area contributed by atoms with Crippen LogP contribution in [0.1, 0.15) is 13.3 Å². The van der Waals surface area contributed by atoms with Gasteiger partial charge in [0.25, 0.3) is 5.56 Å². The van der Waals surface area contributed by atoms with Gasteiger partial charge in [-0.1, -0.05) is 6.92 Å².